The summed E-state index contributed by atoms with van der Waals surface area (Å²) in [5.74, 6) is -0.536. The molecule has 10 nitrogen and oxygen atoms in total. The molecular weight excluding hydrogens is 600 g/mol. The van der Waals surface area contributed by atoms with Gasteiger partial charge in [-0.3, -0.25) is 9.69 Å². The van der Waals surface area contributed by atoms with Gasteiger partial charge < -0.3 is 32.7 Å². The first kappa shape index (κ1) is 35.5. The van der Waals surface area contributed by atoms with Gasteiger partial charge in [0.15, 0.2) is 11.5 Å². The molecule has 0 bridgehead atoms. The second-order valence-corrected chi connectivity index (χ2v) is 9.20. The molecule has 42 heavy (non-hydrogen) atoms. The predicted octanol–water partition coefficient (Wildman–Crippen LogP) is 0.381. The summed E-state index contributed by atoms with van der Waals surface area (Å²) in [6, 6.07) is 4.45. The van der Waals surface area contributed by atoms with Gasteiger partial charge in [0.05, 0.1) is 6.54 Å². The third-order valence-electron chi connectivity index (χ3n) is 6.14. The molecule has 16 heteroatoms. The van der Waals surface area contributed by atoms with Crippen molar-refractivity contribution >= 4 is 48.6 Å². The maximum atomic E-state index is 15.3. The second-order valence-electron chi connectivity index (χ2n) is 8.73. The second kappa shape index (κ2) is 15.2. The van der Waals surface area contributed by atoms with Gasteiger partial charge in [-0.15, -0.1) is 14.9 Å². The van der Waals surface area contributed by atoms with E-state index in [1.165, 1.54) is 28.9 Å². The number of imidazole rings is 1. The summed E-state index contributed by atoms with van der Waals surface area (Å²) in [4.78, 5) is 23.6. The van der Waals surface area contributed by atoms with E-state index in [4.69, 9.17) is 17.6 Å². The summed E-state index contributed by atoms with van der Waals surface area (Å²) in [6.07, 6.45) is -1.32. The van der Waals surface area contributed by atoms with Crippen molar-refractivity contribution in [1.82, 2.24) is 24.2 Å². The zero-order valence-corrected chi connectivity index (χ0v) is 27.0. The van der Waals surface area contributed by atoms with Gasteiger partial charge in [-0.05, 0) is 36.5 Å². The van der Waals surface area contributed by atoms with Crippen LogP contribution in [0.4, 0.5) is 29.1 Å². The summed E-state index contributed by atoms with van der Waals surface area (Å²) < 4.78 is 55.2. The SMILES string of the molecule is [CH-]=C(C(=[N-])C(F)(F)F)c1cnc2c(Nc3cc(C)c(C(=P)N4CCN(C(=O)CN)CC4)c(F)c3)nccn12.[CH2-]C#N.[K+]. The van der Waals surface area contributed by atoms with Crippen molar-refractivity contribution in [1.29, 1.82) is 5.26 Å². The molecule has 1 aromatic carbocycles. The van der Waals surface area contributed by atoms with Gasteiger partial charge in [0, 0.05) is 55.2 Å². The van der Waals surface area contributed by atoms with Crippen LogP contribution in [-0.2, 0) is 4.79 Å². The summed E-state index contributed by atoms with van der Waals surface area (Å²) in [7, 11) is 3.56. The van der Waals surface area contributed by atoms with E-state index in [1.807, 2.05) is 4.90 Å². The molecule has 3 N–H and O–H groups in total. The van der Waals surface area contributed by atoms with Crippen molar-refractivity contribution in [3.63, 3.8) is 0 Å². The molecule has 1 aliphatic rings. The Bertz CT molecular complexity index is 1520. The van der Waals surface area contributed by atoms with Gasteiger partial charge in [-0.2, -0.15) is 24.5 Å². The number of carbonyl (C=O) groups is 1. The summed E-state index contributed by atoms with van der Waals surface area (Å²) >= 11 is 0. The Kier molecular flexibility index (Phi) is 12.8. The number of alkyl halides is 3. The first-order chi connectivity index (χ1) is 19.3. The molecule has 1 saturated heterocycles. The molecule has 3 aromatic rings. The van der Waals surface area contributed by atoms with E-state index in [0.717, 1.165) is 6.20 Å². The maximum absolute atomic E-state index is 15.3. The zero-order valence-electron chi connectivity index (χ0n) is 22.8. The number of piperazine rings is 1. The van der Waals surface area contributed by atoms with Gasteiger partial charge in [0.25, 0.3) is 0 Å². The zero-order chi connectivity index (χ0) is 30.5. The predicted molar refractivity (Wildman–Crippen MR) is 150 cm³/mol. The Morgan fingerprint density at radius 3 is 2.40 bits per heavy atom. The number of nitrogens with zero attached hydrogens (tertiary/aromatic N) is 7. The number of fused-ring (bicyclic) bond motifs is 1. The molecule has 3 heterocycles. The molecule has 2 aromatic heterocycles. The monoisotopic (exact) mass is 625 g/mol. The number of aromatic nitrogens is 3. The average Bonchev–Trinajstić information content (AvgIpc) is 3.36. The molecule has 0 aliphatic carbocycles. The average molecular weight is 626 g/mol. The number of nitriles is 1. The Balaban J connectivity index is 0.00000148. The fourth-order valence-electron chi connectivity index (χ4n) is 4.20. The number of hydrogen-bond donors (Lipinski definition) is 2. The van der Waals surface area contributed by atoms with E-state index >= 15 is 4.39 Å². The largest absolute Gasteiger partial charge is 1.00 e. The van der Waals surface area contributed by atoms with Crippen LogP contribution in [0.25, 0.3) is 16.6 Å². The normalized spacial score (nSPS) is 13.3. The summed E-state index contributed by atoms with van der Waals surface area (Å²) in [6.45, 7) is 11.9. The van der Waals surface area contributed by atoms with E-state index in [2.05, 4.69) is 31.1 Å². The third-order valence-corrected chi connectivity index (χ3v) is 6.70. The Morgan fingerprint density at radius 1 is 1.26 bits per heavy atom. The fraction of sp³-hybridized carbons (Fsp3) is 0.269. The molecule has 0 atom stereocenters. The van der Waals surface area contributed by atoms with E-state index in [0.29, 0.717) is 48.4 Å². The van der Waals surface area contributed by atoms with Crippen LogP contribution >= 0.6 is 8.86 Å². The van der Waals surface area contributed by atoms with Crippen molar-refractivity contribution in [3.05, 3.63) is 72.3 Å². The van der Waals surface area contributed by atoms with E-state index in [9.17, 15) is 23.4 Å². The van der Waals surface area contributed by atoms with Crippen LogP contribution in [0.3, 0.4) is 0 Å². The number of hydrogen-bond acceptors (Lipinski definition) is 6. The van der Waals surface area contributed by atoms with Gasteiger partial charge in [0.1, 0.15) is 5.82 Å². The number of carbonyl (C=O) groups excluding carboxylic acids is 1. The molecule has 0 radical (unpaired) electrons. The van der Waals surface area contributed by atoms with Crippen LogP contribution < -0.4 is 62.4 Å². The van der Waals surface area contributed by atoms with E-state index in [-0.39, 0.29) is 81.0 Å². The topological polar surface area (TPSA) is 138 Å². The first-order valence-electron chi connectivity index (χ1n) is 12.0. The van der Waals surface area contributed by atoms with Crippen molar-refractivity contribution in [2.24, 2.45) is 5.73 Å². The van der Waals surface area contributed by atoms with Crippen LogP contribution in [0, 0.1) is 37.6 Å². The van der Waals surface area contributed by atoms with Gasteiger partial charge in [-0.25, -0.2) is 26.2 Å². The summed E-state index contributed by atoms with van der Waals surface area (Å²) in [5.41, 5.74) is 4.32. The quantitative estimate of drug-likeness (QED) is 0.127. The molecule has 0 unspecified atom stereocenters. The molecule has 1 aliphatic heterocycles. The number of rotatable bonds is 7. The third kappa shape index (κ3) is 8.03. The Morgan fingerprint density at radius 2 is 1.86 bits per heavy atom. The number of allylic oxidation sites excluding steroid dienone is 1. The fourth-order valence-corrected chi connectivity index (χ4v) is 4.74. The molecule has 0 saturated carbocycles. The number of anilines is 2. The molecule has 0 spiro atoms. The number of benzene rings is 1. The molecule has 216 valence electrons. The smallest absolute Gasteiger partial charge is 0.869 e. The van der Waals surface area contributed by atoms with Crippen LogP contribution in [-0.4, -0.2) is 80.1 Å². The van der Waals surface area contributed by atoms with Crippen molar-refractivity contribution in [3.8, 4) is 6.07 Å². The first-order valence-corrected chi connectivity index (χ1v) is 12.5. The number of nitrogens with two attached hydrogens (primary N) is 1. The van der Waals surface area contributed by atoms with E-state index in [1.54, 1.807) is 17.9 Å². The van der Waals surface area contributed by atoms with Gasteiger partial charge >= 0.3 is 57.6 Å². The van der Waals surface area contributed by atoms with Crippen molar-refractivity contribution in [2.45, 2.75) is 13.1 Å². The van der Waals surface area contributed by atoms with Crippen LogP contribution in [0.2, 0.25) is 0 Å². The number of nitrogens with one attached hydrogen (secondary N) is 1. The van der Waals surface area contributed by atoms with Crippen LogP contribution in [0.15, 0.2) is 30.7 Å². The van der Waals surface area contributed by atoms with Crippen molar-refractivity contribution in [2.75, 3.05) is 38.0 Å². The van der Waals surface area contributed by atoms with Crippen molar-refractivity contribution < 1.29 is 73.7 Å². The maximum Gasteiger partial charge on any atom is 1.00 e. The van der Waals surface area contributed by atoms with E-state index < -0.39 is 23.3 Å². The van der Waals surface area contributed by atoms with Gasteiger partial charge in [-0.1, -0.05) is 0 Å². The van der Waals surface area contributed by atoms with Gasteiger partial charge in [0.2, 0.25) is 5.91 Å². The minimum atomic E-state index is -5.03. The molecular formula is C26H25F4KN9OP-2. The minimum absolute atomic E-state index is 0. The van der Waals surface area contributed by atoms with Crippen LogP contribution in [0.5, 0.6) is 0 Å². The molecule has 1 amide bonds. The number of halogens is 4. The minimum Gasteiger partial charge on any atom is -0.869 e. The summed E-state index contributed by atoms with van der Waals surface area (Å²) in [5, 5.41) is 19.6. The Labute approximate surface area is 284 Å². The number of amides is 1. The Hall–Kier alpha value is -2.67. The van der Waals surface area contributed by atoms with Crippen LogP contribution in [0.1, 0.15) is 16.8 Å². The standard InChI is InChI=1S/C24H23F4N8OP.C2H2N.K/c1-13-9-15(10-16(25)19(13)23(38)35-7-5-34(6-8-35)18(37)11-29)33-21-22-32-12-17(36(22)4-3-31-21)14(2)20(30)24(26,27)28;1-2-3;/h2-4,9-10,12,38H,5-8,11,29H2,1H3,(H,31,33);1H2;/q-2;-1;+1. The molecule has 1 fully saturated rings. The molecule has 4 rings (SSSR count). The number of aryl methyl sites for hydroxylation is 1.